The molecule has 1 aromatic rings. The third kappa shape index (κ3) is 6.24. The first-order valence-corrected chi connectivity index (χ1v) is 6.56. The first-order valence-electron chi connectivity index (χ1n) is 5.34. The molecule has 0 bridgehead atoms. The summed E-state index contributed by atoms with van der Waals surface area (Å²) in [5, 5.41) is 1.45. The maximum Gasteiger partial charge on any atom is 0.0772 e. The Kier molecular flexibility index (Phi) is 12.3. The Morgan fingerprint density at radius 3 is 2.00 bits per heavy atom. The molecule has 1 nitrogen and oxygen atoms in total. The monoisotopic (exact) mass is 226 g/mol. The minimum absolute atomic E-state index is 0.850. The van der Waals surface area contributed by atoms with Gasteiger partial charge in [0, 0.05) is 10.3 Å². The van der Waals surface area contributed by atoms with Gasteiger partial charge in [0.25, 0.3) is 0 Å². The summed E-state index contributed by atoms with van der Waals surface area (Å²) in [7, 11) is -1.04. The van der Waals surface area contributed by atoms with Crippen molar-refractivity contribution in [2.75, 3.05) is 0 Å². The molecule has 0 aliphatic rings. The number of rotatable bonds is 2. The number of hydrogen-bond donors (Lipinski definition) is 0. The van der Waals surface area contributed by atoms with Crippen LogP contribution in [0.25, 0.3) is 0 Å². The van der Waals surface area contributed by atoms with E-state index in [0.717, 1.165) is 10.5 Å². The zero-order valence-corrected chi connectivity index (χ0v) is 11.2. The van der Waals surface area contributed by atoms with Crippen LogP contribution in [0.4, 0.5) is 0 Å². The van der Waals surface area contributed by atoms with E-state index in [-0.39, 0.29) is 0 Å². The average Bonchev–Trinajstić information content (AvgIpc) is 2.34. The number of benzene rings is 1. The van der Waals surface area contributed by atoms with Crippen LogP contribution >= 0.6 is 0 Å². The topological polar surface area (TPSA) is 17.1 Å². The van der Waals surface area contributed by atoms with Gasteiger partial charge in [0.2, 0.25) is 0 Å². The van der Waals surface area contributed by atoms with Crippen LogP contribution in [0.2, 0.25) is 0 Å². The van der Waals surface area contributed by atoms with Gasteiger partial charge in [-0.3, -0.25) is 0 Å². The van der Waals surface area contributed by atoms with E-state index >= 15 is 0 Å². The molecule has 15 heavy (non-hydrogen) atoms. The Morgan fingerprint density at radius 2 is 1.60 bits per heavy atom. The summed E-state index contributed by atoms with van der Waals surface area (Å²) in [5.74, 6) is 0. The molecule has 0 amide bonds. The fourth-order valence-electron chi connectivity index (χ4n) is 0.872. The fourth-order valence-corrected chi connectivity index (χ4v) is 1.65. The molecule has 0 saturated heterocycles. The second-order valence-electron chi connectivity index (χ2n) is 2.23. The van der Waals surface area contributed by atoms with E-state index < -0.39 is 10.8 Å². The first-order chi connectivity index (χ1) is 7.25. The highest BCUT2D eigenvalue weighted by molar-refractivity contribution is 7.88. The van der Waals surface area contributed by atoms with Crippen molar-refractivity contribution < 1.29 is 4.21 Å². The molecule has 1 atom stereocenters. The lowest BCUT2D eigenvalue weighted by Crippen LogP contribution is -1.88. The van der Waals surface area contributed by atoms with Gasteiger partial charge in [-0.15, -0.1) is 0 Å². The Labute approximate surface area is 96.7 Å². The van der Waals surface area contributed by atoms with Gasteiger partial charge in [-0.1, -0.05) is 52.5 Å². The molecule has 0 saturated carbocycles. The predicted molar refractivity (Wildman–Crippen MR) is 70.5 cm³/mol. The normalized spacial score (nSPS) is 9.93. The summed E-state index contributed by atoms with van der Waals surface area (Å²) in [4.78, 5) is 0.850. The van der Waals surface area contributed by atoms with Crippen LogP contribution in [-0.2, 0) is 10.8 Å². The molecule has 1 rings (SSSR count). The van der Waals surface area contributed by atoms with Gasteiger partial charge < -0.3 is 0 Å². The number of hydrogen-bond acceptors (Lipinski definition) is 1. The molecule has 0 fully saturated rings. The van der Waals surface area contributed by atoms with Crippen LogP contribution in [0.1, 0.15) is 33.3 Å². The second kappa shape index (κ2) is 11.2. The zero-order chi connectivity index (χ0) is 12.3. The van der Waals surface area contributed by atoms with Gasteiger partial charge in [0.15, 0.2) is 0 Å². The quantitative estimate of drug-likeness (QED) is 0.735. The summed E-state index contributed by atoms with van der Waals surface area (Å²) in [6.45, 7) is 13.4. The lowest BCUT2D eigenvalue weighted by molar-refractivity contribution is 0.688. The van der Waals surface area contributed by atoms with E-state index in [4.69, 9.17) is 0 Å². The van der Waals surface area contributed by atoms with E-state index in [1.54, 1.807) is 0 Å². The van der Waals surface area contributed by atoms with E-state index in [0.29, 0.717) is 0 Å². The molecule has 0 aliphatic carbocycles. The Hall–Kier alpha value is -0.890. The van der Waals surface area contributed by atoms with E-state index in [9.17, 15) is 4.21 Å². The third-order valence-corrected chi connectivity index (χ3v) is 2.66. The molecule has 2 heteroatoms. The maximum atomic E-state index is 11.2. The van der Waals surface area contributed by atoms with Crippen molar-refractivity contribution in [3.63, 3.8) is 0 Å². The Morgan fingerprint density at radius 1 is 1.13 bits per heavy atom. The van der Waals surface area contributed by atoms with Crippen molar-refractivity contribution in [3.05, 3.63) is 41.8 Å². The highest BCUT2D eigenvalue weighted by atomic mass is 32.2. The maximum absolute atomic E-state index is 11.2. The molecular formula is C13H22OS. The summed E-state index contributed by atoms with van der Waals surface area (Å²) in [6, 6.07) is 7.60. The molecule has 86 valence electrons. The summed E-state index contributed by atoms with van der Waals surface area (Å²) in [5.41, 5.74) is 1.05. The molecule has 1 aromatic carbocycles. The van der Waals surface area contributed by atoms with Crippen LogP contribution in [0.3, 0.4) is 0 Å². The lowest BCUT2D eigenvalue weighted by atomic mass is 10.2. The molecule has 0 heterocycles. The molecule has 0 aliphatic heterocycles. The van der Waals surface area contributed by atoms with Crippen LogP contribution in [-0.4, -0.2) is 4.21 Å². The largest absolute Gasteiger partial charge is 0.250 e. The van der Waals surface area contributed by atoms with Gasteiger partial charge in [-0.2, -0.15) is 0 Å². The van der Waals surface area contributed by atoms with Gasteiger partial charge in [0.05, 0.1) is 10.8 Å². The summed E-state index contributed by atoms with van der Waals surface area (Å²) < 4.78 is 11.2. The second-order valence-corrected chi connectivity index (χ2v) is 3.60. The Balaban J connectivity index is 0. The lowest BCUT2D eigenvalue weighted by Gasteiger charge is -1.99. The van der Waals surface area contributed by atoms with Gasteiger partial charge in [0.1, 0.15) is 0 Å². The standard InChI is InChI=1S/C9H10OS.2C2H6/c1-3-11(10)9-7-5-4-6-8(9)2;2*1-2/h3-7H,1H2,2H3;2*1-2H3. The third-order valence-electron chi connectivity index (χ3n) is 1.46. The van der Waals surface area contributed by atoms with E-state index in [1.165, 1.54) is 5.41 Å². The average molecular weight is 226 g/mol. The molecule has 0 radical (unpaired) electrons. The molecule has 0 spiro atoms. The molecule has 1 unspecified atom stereocenters. The van der Waals surface area contributed by atoms with Crippen molar-refractivity contribution in [3.8, 4) is 0 Å². The van der Waals surface area contributed by atoms with Crippen molar-refractivity contribution in [1.82, 2.24) is 0 Å². The predicted octanol–water partition coefficient (Wildman–Crippen LogP) is 4.30. The van der Waals surface area contributed by atoms with Gasteiger partial charge in [-0.05, 0) is 18.6 Å². The van der Waals surface area contributed by atoms with Crippen molar-refractivity contribution >= 4 is 10.8 Å². The highest BCUT2D eigenvalue weighted by Crippen LogP contribution is 2.11. The smallest absolute Gasteiger partial charge is 0.0772 e. The van der Waals surface area contributed by atoms with E-state index in [1.807, 2.05) is 58.9 Å². The summed E-state index contributed by atoms with van der Waals surface area (Å²) in [6.07, 6.45) is 0. The van der Waals surface area contributed by atoms with Gasteiger partial charge in [-0.25, -0.2) is 4.21 Å². The van der Waals surface area contributed by atoms with Crippen LogP contribution in [0.5, 0.6) is 0 Å². The summed E-state index contributed by atoms with van der Waals surface area (Å²) >= 11 is 0. The fraction of sp³-hybridized carbons (Fsp3) is 0.385. The zero-order valence-electron chi connectivity index (χ0n) is 10.4. The van der Waals surface area contributed by atoms with E-state index in [2.05, 4.69) is 6.58 Å². The molecule has 0 N–H and O–H groups in total. The van der Waals surface area contributed by atoms with Crippen LogP contribution in [0, 0.1) is 6.92 Å². The van der Waals surface area contributed by atoms with Crippen molar-refractivity contribution in [1.29, 1.82) is 0 Å². The van der Waals surface area contributed by atoms with Gasteiger partial charge >= 0.3 is 0 Å². The highest BCUT2D eigenvalue weighted by Gasteiger charge is 2.00. The van der Waals surface area contributed by atoms with Crippen LogP contribution < -0.4 is 0 Å². The Bertz CT molecular complexity index is 292. The minimum atomic E-state index is -1.04. The SMILES string of the molecule is C=CS(=O)c1ccccc1C.CC.CC. The molecule has 0 aromatic heterocycles. The van der Waals surface area contributed by atoms with Crippen molar-refractivity contribution in [2.24, 2.45) is 0 Å². The minimum Gasteiger partial charge on any atom is -0.250 e. The molecular weight excluding hydrogens is 204 g/mol. The van der Waals surface area contributed by atoms with Crippen molar-refractivity contribution in [2.45, 2.75) is 39.5 Å². The number of aryl methyl sites for hydroxylation is 1. The first kappa shape index (κ1) is 16.5. The van der Waals surface area contributed by atoms with Crippen LogP contribution in [0.15, 0.2) is 41.1 Å².